The number of hydrogen-bond acceptors (Lipinski definition) is 3. The third-order valence-corrected chi connectivity index (χ3v) is 3.15. The number of rotatable bonds is 4. The Morgan fingerprint density at radius 3 is 2.59 bits per heavy atom. The molecule has 0 aliphatic carbocycles. The van der Waals surface area contributed by atoms with E-state index in [1.807, 2.05) is 0 Å². The average molecular weight is 374 g/mol. The molecule has 94 valence electrons. The van der Waals surface area contributed by atoms with Gasteiger partial charge in [0.25, 0.3) is 0 Å². The number of halogens is 4. The van der Waals surface area contributed by atoms with E-state index >= 15 is 0 Å². The SMILES string of the molecule is COC(=O)c1cc(OC(F)F)c(Br)cc1CBr. The van der Waals surface area contributed by atoms with Crippen molar-refractivity contribution in [1.82, 2.24) is 0 Å². The fraction of sp³-hybridized carbons (Fsp3) is 0.300. The summed E-state index contributed by atoms with van der Waals surface area (Å²) in [5.41, 5.74) is 0.800. The van der Waals surface area contributed by atoms with E-state index in [4.69, 9.17) is 0 Å². The van der Waals surface area contributed by atoms with Gasteiger partial charge < -0.3 is 9.47 Å². The van der Waals surface area contributed by atoms with E-state index in [0.29, 0.717) is 15.4 Å². The quantitative estimate of drug-likeness (QED) is 0.595. The molecule has 0 N–H and O–H groups in total. The monoisotopic (exact) mass is 372 g/mol. The molecule has 0 fully saturated rings. The number of esters is 1. The first-order chi connectivity index (χ1) is 7.99. The molecular weight excluding hydrogens is 366 g/mol. The number of hydrogen-bond donors (Lipinski definition) is 0. The second kappa shape index (κ2) is 6.30. The summed E-state index contributed by atoms with van der Waals surface area (Å²) in [7, 11) is 1.22. The molecule has 0 amide bonds. The lowest BCUT2D eigenvalue weighted by atomic mass is 10.1. The van der Waals surface area contributed by atoms with E-state index in [0.717, 1.165) is 0 Å². The Labute approximate surface area is 113 Å². The van der Waals surface area contributed by atoms with Crippen LogP contribution in [0.1, 0.15) is 15.9 Å². The standard InChI is InChI=1S/C10H8Br2F2O3/c1-16-9(15)6-3-8(17-10(13)14)7(12)2-5(6)4-11/h2-3,10H,4H2,1H3. The number of carbonyl (C=O) groups excluding carboxylic acids is 1. The van der Waals surface area contributed by atoms with Gasteiger partial charge in [-0.25, -0.2) is 4.79 Å². The first kappa shape index (κ1) is 14.4. The summed E-state index contributed by atoms with van der Waals surface area (Å²) in [6, 6.07) is 2.75. The molecule has 0 saturated heterocycles. The fourth-order valence-corrected chi connectivity index (χ4v) is 2.14. The van der Waals surface area contributed by atoms with E-state index in [2.05, 4.69) is 41.3 Å². The van der Waals surface area contributed by atoms with Crippen LogP contribution < -0.4 is 4.74 Å². The van der Waals surface area contributed by atoms with Gasteiger partial charge in [-0.1, -0.05) is 15.9 Å². The number of carbonyl (C=O) groups is 1. The maximum Gasteiger partial charge on any atom is 0.387 e. The van der Waals surface area contributed by atoms with Crippen molar-refractivity contribution in [2.75, 3.05) is 7.11 Å². The van der Waals surface area contributed by atoms with E-state index in [-0.39, 0.29) is 11.3 Å². The van der Waals surface area contributed by atoms with Gasteiger partial charge in [0.2, 0.25) is 0 Å². The molecule has 0 heterocycles. The molecule has 0 spiro atoms. The van der Waals surface area contributed by atoms with Gasteiger partial charge in [0.05, 0.1) is 17.1 Å². The van der Waals surface area contributed by atoms with Crippen molar-refractivity contribution in [3.63, 3.8) is 0 Å². The molecule has 0 unspecified atom stereocenters. The Balaban J connectivity index is 3.22. The molecule has 0 radical (unpaired) electrons. The minimum atomic E-state index is -2.95. The molecule has 0 aromatic heterocycles. The normalized spacial score (nSPS) is 10.5. The van der Waals surface area contributed by atoms with E-state index in [1.165, 1.54) is 19.2 Å². The summed E-state index contributed by atoms with van der Waals surface area (Å²) >= 11 is 6.29. The zero-order valence-corrected chi connectivity index (χ0v) is 11.8. The zero-order valence-electron chi connectivity index (χ0n) is 8.68. The highest BCUT2D eigenvalue weighted by Crippen LogP contribution is 2.31. The van der Waals surface area contributed by atoms with Crippen LogP contribution in [-0.4, -0.2) is 19.7 Å². The van der Waals surface area contributed by atoms with Gasteiger partial charge >= 0.3 is 12.6 Å². The van der Waals surface area contributed by atoms with Crippen LogP contribution in [-0.2, 0) is 10.1 Å². The van der Waals surface area contributed by atoms with Gasteiger partial charge in [0.1, 0.15) is 5.75 Å². The molecule has 1 aromatic carbocycles. The van der Waals surface area contributed by atoms with E-state index < -0.39 is 12.6 Å². The van der Waals surface area contributed by atoms with Crippen LogP contribution in [0.4, 0.5) is 8.78 Å². The van der Waals surface area contributed by atoms with Crippen LogP contribution in [0, 0.1) is 0 Å². The topological polar surface area (TPSA) is 35.5 Å². The van der Waals surface area contributed by atoms with Crippen molar-refractivity contribution >= 4 is 37.8 Å². The zero-order chi connectivity index (χ0) is 13.0. The molecule has 7 heteroatoms. The molecule has 0 aliphatic heterocycles. The average Bonchev–Trinajstić information content (AvgIpc) is 2.29. The summed E-state index contributed by atoms with van der Waals surface area (Å²) < 4.78 is 33.4. The van der Waals surface area contributed by atoms with Crippen LogP contribution >= 0.6 is 31.9 Å². The van der Waals surface area contributed by atoms with Gasteiger partial charge in [-0.2, -0.15) is 8.78 Å². The lowest BCUT2D eigenvalue weighted by molar-refractivity contribution is -0.0504. The van der Waals surface area contributed by atoms with Crippen LogP contribution in [0.25, 0.3) is 0 Å². The lowest BCUT2D eigenvalue weighted by Crippen LogP contribution is -2.08. The summed E-state index contributed by atoms with van der Waals surface area (Å²) in [6.45, 7) is -2.95. The summed E-state index contributed by atoms with van der Waals surface area (Å²) in [5, 5.41) is 0.394. The second-order valence-corrected chi connectivity index (χ2v) is 4.36. The predicted molar refractivity (Wildman–Crippen MR) is 64.7 cm³/mol. The third kappa shape index (κ3) is 3.64. The number of alkyl halides is 3. The highest BCUT2D eigenvalue weighted by atomic mass is 79.9. The van der Waals surface area contributed by atoms with Crippen molar-refractivity contribution in [2.24, 2.45) is 0 Å². The number of methoxy groups -OCH3 is 1. The van der Waals surface area contributed by atoms with Crippen molar-refractivity contribution in [1.29, 1.82) is 0 Å². The van der Waals surface area contributed by atoms with Crippen LogP contribution in [0.2, 0.25) is 0 Å². The van der Waals surface area contributed by atoms with Crippen molar-refractivity contribution in [3.8, 4) is 5.75 Å². The maximum absolute atomic E-state index is 12.1. The van der Waals surface area contributed by atoms with E-state index in [1.54, 1.807) is 0 Å². The molecule has 0 atom stereocenters. The molecule has 0 bridgehead atoms. The predicted octanol–water partition coefficient (Wildman–Crippen LogP) is 3.73. The van der Waals surface area contributed by atoms with Gasteiger partial charge in [0.15, 0.2) is 0 Å². The Kier molecular flexibility index (Phi) is 5.32. The Morgan fingerprint density at radius 1 is 1.47 bits per heavy atom. The first-order valence-corrected chi connectivity index (χ1v) is 6.32. The largest absolute Gasteiger partial charge is 0.465 e. The van der Waals surface area contributed by atoms with Gasteiger partial charge in [-0.05, 0) is 33.6 Å². The lowest BCUT2D eigenvalue weighted by Gasteiger charge is -2.11. The van der Waals surface area contributed by atoms with Gasteiger partial charge in [-0.3, -0.25) is 0 Å². The van der Waals surface area contributed by atoms with Crippen LogP contribution in [0.15, 0.2) is 16.6 Å². The molecule has 1 rings (SSSR count). The Morgan fingerprint density at radius 2 is 2.12 bits per heavy atom. The van der Waals surface area contributed by atoms with E-state index in [9.17, 15) is 13.6 Å². The molecular formula is C10H8Br2F2O3. The number of benzene rings is 1. The fourth-order valence-electron chi connectivity index (χ4n) is 1.19. The van der Waals surface area contributed by atoms with Crippen molar-refractivity contribution in [2.45, 2.75) is 11.9 Å². The van der Waals surface area contributed by atoms with Crippen LogP contribution in [0.5, 0.6) is 5.75 Å². The van der Waals surface area contributed by atoms with Crippen molar-refractivity contribution < 1.29 is 23.0 Å². The summed E-state index contributed by atoms with van der Waals surface area (Å²) in [4.78, 5) is 11.4. The third-order valence-electron chi connectivity index (χ3n) is 1.92. The Bertz CT molecular complexity index is 424. The Hall–Kier alpha value is -0.690. The highest BCUT2D eigenvalue weighted by molar-refractivity contribution is 9.10. The van der Waals surface area contributed by atoms with Gasteiger partial charge in [-0.15, -0.1) is 0 Å². The molecule has 0 saturated carbocycles. The summed E-state index contributed by atoms with van der Waals surface area (Å²) in [5.74, 6) is -0.712. The highest BCUT2D eigenvalue weighted by Gasteiger charge is 2.17. The smallest absolute Gasteiger partial charge is 0.387 e. The molecule has 0 aliphatic rings. The molecule has 17 heavy (non-hydrogen) atoms. The summed E-state index contributed by atoms with van der Waals surface area (Å²) in [6.07, 6.45) is 0. The minimum absolute atomic E-state index is 0.106. The van der Waals surface area contributed by atoms with Crippen LogP contribution in [0.3, 0.4) is 0 Å². The van der Waals surface area contributed by atoms with Gasteiger partial charge in [0, 0.05) is 5.33 Å². The molecule has 1 aromatic rings. The minimum Gasteiger partial charge on any atom is -0.465 e. The second-order valence-electron chi connectivity index (χ2n) is 2.94. The first-order valence-electron chi connectivity index (χ1n) is 4.41. The number of ether oxygens (including phenoxy) is 2. The maximum atomic E-state index is 12.1. The molecule has 3 nitrogen and oxygen atoms in total. The van der Waals surface area contributed by atoms with Crippen molar-refractivity contribution in [3.05, 3.63) is 27.7 Å².